The number of carbonyl (C=O) groups is 2. The number of nitrogens with zero attached hydrogens (tertiary/aromatic N) is 1. The van der Waals surface area contributed by atoms with Crippen LogP contribution < -0.4 is 10.8 Å². The third-order valence-electron chi connectivity index (χ3n) is 2.42. The number of carbonyl (C=O) groups excluding carboxylic acids is 1. The minimum Gasteiger partial charge on any atom is -0.479 e. The lowest BCUT2D eigenvalue weighted by Crippen LogP contribution is -2.48. The monoisotopic (exact) mass is 240 g/mol. The van der Waals surface area contributed by atoms with Gasteiger partial charge < -0.3 is 10.1 Å². The Kier molecular flexibility index (Phi) is 3.35. The molecule has 1 unspecified atom stereocenters. The van der Waals surface area contributed by atoms with Crippen LogP contribution in [-0.2, 0) is 27.4 Å². The van der Waals surface area contributed by atoms with Gasteiger partial charge in [-0.1, -0.05) is 0 Å². The first-order valence-electron chi connectivity index (χ1n) is 5.04. The van der Waals surface area contributed by atoms with Gasteiger partial charge in [-0.2, -0.15) is 0 Å². The number of aliphatic carboxylic acids is 1. The van der Waals surface area contributed by atoms with E-state index in [1.807, 2.05) is 0 Å². The van der Waals surface area contributed by atoms with Gasteiger partial charge in [-0.05, 0) is 0 Å². The van der Waals surface area contributed by atoms with Gasteiger partial charge in [0.2, 0.25) is 0 Å². The minimum absolute atomic E-state index is 0.403. The lowest BCUT2D eigenvalue weighted by atomic mass is 10.1. The molecule has 0 saturated carbocycles. The Morgan fingerprint density at radius 1 is 1.65 bits per heavy atom. The van der Waals surface area contributed by atoms with Gasteiger partial charge in [0.15, 0.2) is 6.61 Å². The number of imidazole rings is 1. The van der Waals surface area contributed by atoms with E-state index in [1.165, 1.54) is 0 Å². The molecule has 0 aliphatic carbocycles. The van der Waals surface area contributed by atoms with E-state index in [0.29, 0.717) is 13.0 Å². The van der Waals surface area contributed by atoms with Crippen molar-refractivity contribution in [3.05, 3.63) is 17.7 Å². The predicted octanol–water partition coefficient (Wildman–Crippen LogP) is -1.44. The number of aromatic amines is 1. The summed E-state index contributed by atoms with van der Waals surface area (Å²) in [5, 5.41) is 11.3. The number of H-pyrrole nitrogens is 1. The lowest BCUT2D eigenvalue weighted by molar-refractivity contribution is -0.150. The Morgan fingerprint density at radius 2 is 2.47 bits per heavy atom. The molecule has 92 valence electrons. The van der Waals surface area contributed by atoms with Crippen molar-refractivity contribution < 1.29 is 19.5 Å². The zero-order valence-corrected chi connectivity index (χ0v) is 8.90. The maximum atomic E-state index is 11.6. The molecule has 1 aromatic heterocycles. The highest BCUT2D eigenvalue weighted by Gasteiger charge is 2.25. The van der Waals surface area contributed by atoms with E-state index in [2.05, 4.69) is 25.6 Å². The third-order valence-corrected chi connectivity index (χ3v) is 2.42. The number of carboxylic acid groups (broad SMARTS) is 1. The van der Waals surface area contributed by atoms with Crippen molar-refractivity contribution in [2.75, 3.05) is 6.61 Å². The highest BCUT2D eigenvalue weighted by atomic mass is 16.7. The molecule has 17 heavy (non-hydrogen) atoms. The van der Waals surface area contributed by atoms with E-state index in [9.17, 15) is 9.59 Å². The Labute approximate surface area is 96.3 Å². The Balaban J connectivity index is 1.84. The molecular formula is C9H12N4O4. The molecule has 4 N–H and O–H groups in total. The molecule has 1 aliphatic rings. The number of hydrogen-bond acceptors (Lipinski definition) is 5. The first kappa shape index (κ1) is 11.6. The average Bonchev–Trinajstić information content (AvgIpc) is 2.75. The van der Waals surface area contributed by atoms with Gasteiger partial charge in [0, 0.05) is 13.0 Å². The molecule has 0 spiro atoms. The first-order valence-corrected chi connectivity index (χ1v) is 5.04. The molecule has 1 aromatic rings. The Hall–Kier alpha value is -1.93. The Morgan fingerprint density at radius 3 is 3.24 bits per heavy atom. The molecule has 0 aromatic carbocycles. The summed E-state index contributed by atoms with van der Waals surface area (Å²) in [5.41, 5.74) is 3.88. The number of aromatic nitrogens is 2. The number of amides is 1. The van der Waals surface area contributed by atoms with Crippen LogP contribution in [-0.4, -0.2) is 39.6 Å². The number of carboxylic acids is 1. The van der Waals surface area contributed by atoms with Crippen LogP contribution in [0.2, 0.25) is 0 Å². The third kappa shape index (κ3) is 2.80. The van der Waals surface area contributed by atoms with Gasteiger partial charge in [0.05, 0.1) is 23.8 Å². The van der Waals surface area contributed by atoms with Crippen LogP contribution in [0.15, 0.2) is 6.33 Å². The molecule has 1 atom stereocenters. The summed E-state index contributed by atoms with van der Waals surface area (Å²) in [6.45, 7) is -0.0432. The molecule has 8 nitrogen and oxygen atoms in total. The molecule has 2 rings (SSSR count). The van der Waals surface area contributed by atoms with E-state index in [1.54, 1.807) is 6.33 Å². The second-order valence-corrected chi connectivity index (χ2v) is 3.61. The van der Waals surface area contributed by atoms with Gasteiger partial charge in [-0.15, -0.1) is 0 Å². The van der Waals surface area contributed by atoms with Gasteiger partial charge in [-0.3, -0.25) is 14.9 Å². The van der Waals surface area contributed by atoms with Gasteiger partial charge in [0.1, 0.15) is 0 Å². The molecule has 0 radical (unpaired) electrons. The van der Waals surface area contributed by atoms with Crippen LogP contribution in [0.5, 0.6) is 0 Å². The van der Waals surface area contributed by atoms with Gasteiger partial charge in [0.25, 0.3) is 5.91 Å². The molecule has 0 fully saturated rings. The van der Waals surface area contributed by atoms with E-state index < -0.39 is 24.5 Å². The van der Waals surface area contributed by atoms with Crippen LogP contribution >= 0.6 is 0 Å². The van der Waals surface area contributed by atoms with Crippen LogP contribution in [0.3, 0.4) is 0 Å². The summed E-state index contributed by atoms with van der Waals surface area (Å²) < 4.78 is 0. The zero-order valence-electron chi connectivity index (χ0n) is 8.90. The Bertz CT molecular complexity index is 430. The van der Waals surface area contributed by atoms with E-state index >= 15 is 0 Å². The van der Waals surface area contributed by atoms with Crippen LogP contribution in [0.4, 0.5) is 0 Å². The van der Waals surface area contributed by atoms with Crippen molar-refractivity contribution >= 4 is 11.9 Å². The predicted molar refractivity (Wildman–Crippen MR) is 54.6 cm³/mol. The van der Waals surface area contributed by atoms with Crippen molar-refractivity contribution in [3.8, 4) is 0 Å². The number of hydroxylamine groups is 1. The first-order chi connectivity index (χ1) is 8.16. The van der Waals surface area contributed by atoms with Crippen molar-refractivity contribution in [1.29, 1.82) is 0 Å². The molecule has 8 heteroatoms. The van der Waals surface area contributed by atoms with Crippen molar-refractivity contribution in [2.24, 2.45) is 0 Å². The van der Waals surface area contributed by atoms with Crippen LogP contribution in [0.1, 0.15) is 11.4 Å². The number of fused-ring (bicyclic) bond motifs is 1. The summed E-state index contributed by atoms with van der Waals surface area (Å²) in [7, 11) is 0. The quantitative estimate of drug-likeness (QED) is 0.479. The summed E-state index contributed by atoms with van der Waals surface area (Å²) in [4.78, 5) is 33.3. The van der Waals surface area contributed by atoms with Crippen molar-refractivity contribution in [3.63, 3.8) is 0 Å². The molecule has 2 heterocycles. The van der Waals surface area contributed by atoms with E-state index in [-0.39, 0.29) is 0 Å². The average molecular weight is 240 g/mol. The normalized spacial score (nSPS) is 18.5. The fraction of sp³-hybridized carbons (Fsp3) is 0.444. The smallest absolute Gasteiger partial charge is 0.332 e. The lowest BCUT2D eigenvalue weighted by Gasteiger charge is -2.21. The minimum atomic E-state index is -1.14. The maximum Gasteiger partial charge on any atom is 0.332 e. The number of nitrogens with one attached hydrogen (secondary N) is 3. The molecule has 0 saturated heterocycles. The number of hydrogen-bond donors (Lipinski definition) is 4. The highest BCUT2D eigenvalue weighted by Crippen LogP contribution is 2.11. The SMILES string of the molecule is O=C(O)CONC(=O)C1Cc2nc[nH]c2CN1. The highest BCUT2D eigenvalue weighted by molar-refractivity contribution is 5.81. The van der Waals surface area contributed by atoms with Gasteiger partial charge in [-0.25, -0.2) is 15.3 Å². The molecule has 1 amide bonds. The summed E-state index contributed by atoms with van der Waals surface area (Å²) in [5.74, 6) is -1.55. The van der Waals surface area contributed by atoms with Crippen molar-refractivity contribution in [1.82, 2.24) is 20.8 Å². The van der Waals surface area contributed by atoms with E-state index in [0.717, 1.165) is 11.4 Å². The largest absolute Gasteiger partial charge is 0.479 e. The van der Waals surface area contributed by atoms with E-state index in [4.69, 9.17) is 5.11 Å². The zero-order chi connectivity index (χ0) is 12.3. The fourth-order valence-corrected chi connectivity index (χ4v) is 1.59. The van der Waals surface area contributed by atoms with Crippen molar-refractivity contribution in [2.45, 2.75) is 19.0 Å². The van der Waals surface area contributed by atoms with Gasteiger partial charge >= 0.3 is 5.97 Å². The fourth-order valence-electron chi connectivity index (χ4n) is 1.59. The second-order valence-electron chi connectivity index (χ2n) is 3.61. The standard InChI is InChI=1S/C9H12N4O4/c14-8(15)3-17-13-9(16)6-1-5-7(2-10-6)12-4-11-5/h4,6,10H,1-3H2,(H,11,12)(H,13,16)(H,14,15). The summed E-state index contributed by atoms with van der Waals surface area (Å²) in [6, 6.07) is -0.459. The number of rotatable bonds is 4. The maximum absolute atomic E-state index is 11.6. The molecule has 0 bridgehead atoms. The summed E-state index contributed by atoms with van der Waals surface area (Å²) >= 11 is 0. The second kappa shape index (κ2) is 4.93. The molecular weight excluding hydrogens is 228 g/mol. The topological polar surface area (TPSA) is 116 Å². The van der Waals surface area contributed by atoms with Crippen LogP contribution in [0.25, 0.3) is 0 Å². The van der Waals surface area contributed by atoms with Crippen LogP contribution in [0, 0.1) is 0 Å². The summed E-state index contributed by atoms with van der Waals surface area (Å²) in [6.07, 6.45) is 2.02. The molecule has 1 aliphatic heterocycles.